The summed E-state index contributed by atoms with van der Waals surface area (Å²) >= 11 is 0. The van der Waals surface area contributed by atoms with Crippen molar-refractivity contribution in [1.29, 1.82) is 0 Å². The first-order valence-corrected chi connectivity index (χ1v) is 9.12. The van der Waals surface area contributed by atoms with Crippen LogP contribution in [-0.2, 0) is 9.53 Å². The molecule has 1 atom stereocenters. The van der Waals surface area contributed by atoms with Crippen molar-refractivity contribution < 1.29 is 19.1 Å². The molecule has 2 saturated heterocycles. The number of ether oxygens (including phenoxy) is 2. The molecule has 2 N–H and O–H groups in total. The van der Waals surface area contributed by atoms with E-state index in [0.717, 1.165) is 56.9 Å². The molecule has 1 unspecified atom stereocenters. The van der Waals surface area contributed by atoms with E-state index in [0.29, 0.717) is 12.3 Å². The lowest BCUT2D eigenvalue weighted by molar-refractivity contribution is -0.105. The molecule has 2 fully saturated rings. The molecule has 0 radical (unpaired) electrons. The molecule has 0 aliphatic carbocycles. The van der Waals surface area contributed by atoms with Crippen LogP contribution in [0.15, 0.2) is 18.2 Å². The Kier molecular flexibility index (Phi) is 8.21. The van der Waals surface area contributed by atoms with Crippen LogP contribution in [0.3, 0.4) is 0 Å². The average Bonchev–Trinajstić information content (AvgIpc) is 3.23. The van der Waals surface area contributed by atoms with E-state index in [1.165, 1.54) is 19.1 Å². The van der Waals surface area contributed by atoms with Crippen LogP contribution in [0, 0.1) is 0 Å². The second-order valence-corrected chi connectivity index (χ2v) is 6.40. The van der Waals surface area contributed by atoms with Gasteiger partial charge in [0, 0.05) is 31.1 Å². The van der Waals surface area contributed by atoms with Gasteiger partial charge in [-0.25, -0.2) is 4.79 Å². The number of methoxy groups -OCH3 is 2. The van der Waals surface area contributed by atoms with Crippen molar-refractivity contribution in [2.45, 2.75) is 31.6 Å². The van der Waals surface area contributed by atoms with Crippen LogP contribution in [0.4, 0.5) is 10.5 Å². The molecule has 2 heterocycles. The van der Waals surface area contributed by atoms with Gasteiger partial charge in [-0.05, 0) is 38.3 Å². The normalized spacial score (nSPS) is 19.2. The van der Waals surface area contributed by atoms with Crippen molar-refractivity contribution in [2.24, 2.45) is 0 Å². The van der Waals surface area contributed by atoms with Crippen LogP contribution < -0.4 is 15.4 Å². The van der Waals surface area contributed by atoms with E-state index >= 15 is 0 Å². The predicted molar refractivity (Wildman–Crippen MR) is 101 cm³/mol. The number of benzene rings is 1. The number of hydrogen-bond donors (Lipinski definition) is 2. The third kappa shape index (κ3) is 5.36. The zero-order valence-corrected chi connectivity index (χ0v) is 15.6. The van der Waals surface area contributed by atoms with Gasteiger partial charge in [-0.15, -0.1) is 0 Å². The van der Waals surface area contributed by atoms with Crippen LogP contribution in [0.25, 0.3) is 0 Å². The summed E-state index contributed by atoms with van der Waals surface area (Å²) in [5, 5.41) is 6.07. The molecule has 3 rings (SSSR count). The van der Waals surface area contributed by atoms with Gasteiger partial charge in [-0.2, -0.15) is 0 Å². The van der Waals surface area contributed by atoms with Crippen LogP contribution >= 0.6 is 0 Å². The van der Waals surface area contributed by atoms with Gasteiger partial charge in [0.15, 0.2) is 0 Å². The number of para-hydroxylation sites is 1. The lowest BCUT2D eigenvalue weighted by Gasteiger charge is -2.25. The SMILES string of the molecule is COC(=O)N1CCCC1.COc1c(NC=O)cccc1C1CCCNC1. The monoisotopic (exact) mass is 363 g/mol. The third-order valence-electron chi connectivity index (χ3n) is 4.74. The molecule has 2 aliphatic rings. The van der Waals surface area contributed by atoms with Gasteiger partial charge in [0.25, 0.3) is 0 Å². The number of nitrogens with one attached hydrogen (secondary N) is 2. The van der Waals surface area contributed by atoms with Crippen molar-refractivity contribution in [1.82, 2.24) is 10.2 Å². The summed E-state index contributed by atoms with van der Waals surface area (Å²) in [6, 6.07) is 5.89. The molecular formula is C19H29N3O4. The molecule has 26 heavy (non-hydrogen) atoms. The molecule has 2 amide bonds. The Labute approximate surface area is 155 Å². The molecular weight excluding hydrogens is 334 g/mol. The molecule has 0 spiro atoms. The van der Waals surface area contributed by atoms with Crippen LogP contribution in [0.5, 0.6) is 5.75 Å². The number of likely N-dealkylation sites (tertiary alicyclic amines) is 1. The Bertz CT molecular complexity index is 582. The zero-order valence-electron chi connectivity index (χ0n) is 15.6. The molecule has 144 valence electrons. The van der Waals surface area contributed by atoms with E-state index in [4.69, 9.17) is 4.74 Å². The number of carbonyl (C=O) groups excluding carboxylic acids is 2. The summed E-state index contributed by atoms with van der Waals surface area (Å²) in [7, 11) is 3.06. The summed E-state index contributed by atoms with van der Waals surface area (Å²) in [6.45, 7) is 3.80. The Balaban J connectivity index is 0.000000228. The highest BCUT2D eigenvalue weighted by Crippen LogP contribution is 2.36. The van der Waals surface area contributed by atoms with Crippen molar-refractivity contribution in [2.75, 3.05) is 45.7 Å². The van der Waals surface area contributed by atoms with Crippen LogP contribution in [-0.4, -0.2) is 57.8 Å². The fraction of sp³-hybridized carbons (Fsp3) is 0.579. The number of anilines is 1. The van der Waals surface area contributed by atoms with Gasteiger partial charge in [0.05, 0.1) is 19.9 Å². The molecule has 0 bridgehead atoms. The molecule has 2 aliphatic heterocycles. The van der Waals surface area contributed by atoms with Crippen molar-refractivity contribution >= 4 is 18.2 Å². The molecule has 0 saturated carbocycles. The highest BCUT2D eigenvalue weighted by molar-refractivity contribution is 5.76. The zero-order chi connectivity index (χ0) is 18.8. The summed E-state index contributed by atoms with van der Waals surface area (Å²) < 4.78 is 9.95. The second kappa shape index (κ2) is 10.7. The van der Waals surface area contributed by atoms with E-state index in [9.17, 15) is 9.59 Å². The minimum Gasteiger partial charge on any atom is -0.494 e. The minimum absolute atomic E-state index is 0.187. The smallest absolute Gasteiger partial charge is 0.409 e. The van der Waals surface area contributed by atoms with Crippen molar-refractivity contribution in [3.8, 4) is 5.75 Å². The fourth-order valence-corrected chi connectivity index (χ4v) is 3.43. The summed E-state index contributed by atoms with van der Waals surface area (Å²) in [5.74, 6) is 1.25. The Morgan fingerprint density at radius 1 is 1.27 bits per heavy atom. The van der Waals surface area contributed by atoms with Gasteiger partial charge >= 0.3 is 6.09 Å². The maximum atomic E-state index is 10.7. The topological polar surface area (TPSA) is 79.9 Å². The average molecular weight is 363 g/mol. The molecule has 7 nitrogen and oxygen atoms in total. The number of nitrogens with zero attached hydrogens (tertiary/aromatic N) is 1. The van der Waals surface area contributed by atoms with Gasteiger partial charge in [0.1, 0.15) is 5.75 Å². The summed E-state index contributed by atoms with van der Waals surface area (Å²) in [4.78, 5) is 23.0. The standard InChI is InChI=1S/C13H18N2O2.C6H11NO2/c1-17-13-11(10-4-3-7-14-8-10)5-2-6-12(13)15-9-16;1-9-6(8)7-4-2-3-5-7/h2,5-6,9-10,14H,3-4,7-8H2,1H3,(H,15,16);2-5H2,1H3. The highest BCUT2D eigenvalue weighted by atomic mass is 16.5. The largest absolute Gasteiger partial charge is 0.494 e. The van der Waals surface area contributed by atoms with E-state index < -0.39 is 0 Å². The molecule has 1 aromatic carbocycles. The maximum absolute atomic E-state index is 10.7. The molecule has 7 heteroatoms. The van der Waals surface area contributed by atoms with Gasteiger partial charge in [0.2, 0.25) is 6.41 Å². The van der Waals surface area contributed by atoms with Gasteiger partial charge < -0.3 is 25.0 Å². The lowest BCUT2D eigenvalue weighted by Crippen LogP contribution is -2.28. The first kappa shape index (κ1) is 20.0. The van der Waals surface area contributed by atoms with Gasteiger partial charge in [-0.1, -0.05) is 12.1 Å². The highest BCUT2D eigenvalue weighted by Gasteiger charge is 2.20. The third-order valence-corrected chi connectivity index (χ3v) is 4.74. The van der Waals surface area contributed by atoms with E-state index in [-0.39, 0.29) is 6.09 Å². The number of amides is 2. The second-order valence-electron chi connectivity index (χ2n) is 6.40. The Hall–Kier alpha value is -2.28. The van der Waals surface area contributed by atoms with Crippen LogP contribution in [0.1, 0.15) is 37.2 Å². The number of rotatable bonds is 4. The van der Waals surface area contributed by atoms with E-state index in [1.807, 2.05) is 12.1 Å². The predicted octanol–water partition coefficient (Wildman–Crippen LogP) is 2.58. The van der Waals surface area contributed by atoms with Crippen LogP contribution in [0.2, 0.25) is 0 Å². The summed E-state index contributed by atoms with van der Waals surface area (Å²) in [6.07, 6.45) is 5.07. The van der Waals surface area contributed by atoms with E-state index in [1.54, 1.807) is 12.0 Å². The number of hydrogen-bond acceptors (Lipinski definition) is 5. The number of piperidine rings is 1. The Morgan fingerprint density at radius 3 is 2.62 bits per heavy atom. The first-order chi connectivity index (χ1) is 12.7. The van der Waals surface area contributed by atoms with E-state index in [2.05, 4.69) is 21.4 Å². The van der Waals surface area contributed by atoms with Gasteiger partial charge in [-0.3, -0.25) is 4.79 Å². The lowest BCUT2D eigenvalue weighted by atomic mass is 9.90. The van der Waals surface area contributed by atoms with Crippen molar-refractivity contribution in [3.05, 3.63) is 23.8 Å². The summed E-state index contributed by atoms with van der Waals surface area (Å²) in [5.41, 5.74) is 1.91. The quantitative estimate of drug-likeness (QED) is 0.804. The number of carbonyl (C=O) groups is 2. The fourth-order valence-electron chi connectivity index (χ4n) is 3.43. The maximum Gasteiger partial charge on any atom is 0.409 e. The first-order valence-electron chi connectivity index (χ1n) is 9.12. The minimum atomic E-state index is -0.187. The molecule has 0 aromatic heterocycles. The Morgan fingerprint density at radius 2 is 2.04 bits per heavy atom. The molecule has 1 aromatic rings. The van der Waals surface area contributed by atoms with Crippen molar-refractivity contribution in [3.63, 3.8) is 0 Å².